The third kappa shape index (κ3) is 3.05. The summed E-state index contributed by atoms with van der Waals surface area (Å²) in [4.78, 5) is 19.4. The van der Waals surface area contributed by atoms with Gasteiger partial charge in [-0.3, -0.25) is 0 Å². The van der Waals surface area contributed by atoms with Crippen LogP contribution in [0.4, 0.5) is 4.39 Å². The van der Waals surface area contributed by atoms with Gasteiger partial charge in [-0.1, -0.05) is 0 Å². The fourth-order valence-electron chi connectivity index (χ4n) is 1.19. The van der Waals surface area contributed by atoms with Crippen molar-refractivity contribution in [1.29, 1.82) is 0 Å². The zero-order valence-electron chi connectivity index (χ0n) is 8.80. The number of benzene rings is 1. The van der Waals surface area contributed by atoms with E-state index < -0.39 is 11.8 Å². The van der Waals surface area contributed by atoms with E-state index in [-0.39, 0.29) is 5.56 Å². The first-order chi connectivity index (χ1) is 8.56. The van der Waals surface area contributed by atoms with Gasteiger partial charge in [-0.05, 0) is 45.9 Å². The number of carbonyl (C=O) groups is 1. The summed E-state index contributed by atoms with van der Waals surface area (Å²) < 4.78 is 13.9. The standard InChI is InChI=1S/C11H6BrFN2O2S/c12-6-4-14-11(15-5-6)18-7-1-2-9(13)8(3-7)10(16)17/h1-5H,(H,16,17). The number of halogens is 2. The average Bonchev–Trinajstić information content (AvgIpc) is 2.34. The third-order valence-corrected chi connectivity index (χ3v) is 3.27. The summed E-state index contributed by atoms with van der Waals surface area (Å²) in [6.45, 7) is 0. The quantitative estimate of drug-likeness (QED) is 0.876. The van der Waals surface area contributed by atoms with Crippen molar-refractivity contribution in [3.05, 3.63) is 46.4 Å². The van der Waals surface area contributed by atoms with Gasteiger partial charge in [-0.25, -0.2) is 19.2 Å². The van der Waals surface area contributed by atoms with Crippen molar-refractivity contribution in [2.24, 2.45) is 0 Å². The zero-order chi connectivity index (χ0) is 13.1. The maximum atomic E-state index is 13.2. The number of carboxylic acid groups (broad SMARTS) is 1. The van der Waals surface area contributed by atoms with Crippen LogP contribution in [0.15, 0.2) is 45.1 Å². The normalized spacial score (nSPS) is 10.3. The van der Waals surface area contributed by atoms with Gasteiger partial charge in [0.2, 0.25) is 0 Å². The lowest BCUT2D eigenvalue weighted by atomic mass is 10.2. The lowest BCUT2D eigenvalue weighted by Gasteiger charge is -2.02. The molecule has 0 radical (unpaired) electrons. The summed E-state index contributed by atoms with van der Waals surface area (Å²) in [7, 11) is 0. The van der Waals surface area contributed by atoms with Crippen LogP contribution < -0.4 is 0 Å². The summed E-state index contributed by atoms with van der Waals surface area (Å²) in [5, 5.41) is 9.27. The maximum Gasteiger partial charge on any atom is 0.338 e. The van der Waals surface area contributed by atoms with Gasteiger partial charge >= 0.3 is 5.97 Å². The molecule has 7 heteroatoms. The second-order valence-electron chi connectivity index (χ2n) is 3.23. The van der Waals surface area contributed by atoms with Crippen LogP contribution in [0, 0.1) is 5.82 Å². The van der Waals surface area contributed by atoms with Crippen LogP contribution in [0.3, 0.4) is 0 Å². The number of hydrogen-bond acceptors (Lipinski definition) is 4. The highest BCUT2D eigenvalue weighted by molar-refractivity contribution is 9.10. The van der Waals surface area contributed by atoms with Crippen LogP contribution in [0.25, 0.3) is 0 Å². The average molecular weight is 329 g/mol. The number of carboxylic acids is 1. The highest BCUT2D eigenvalue weighted by Crippen LogP contribution is 2.26. The molecule has 0 spiro atoms. The molecule has 0 bridgehead atoms. The summed E-state index contributed by atoms with van der Waals surface area (Å²) in [6.07, 6.45) is 3.16. The van der Waals surface area contributed by atoms with Gasteiger partial charge in [-0.15, -0.1) is 0 Å². The fourth-order valence-corrected chi connectivity index (χ4v) is 2.13. The minimum absolute atomic E-state index is 0.364. The summed E-state index contributed by atoms with van der Waals surface area (Å²) in [5.41, 5.74) is -0.364. The number of aromatic nitrogens is 2. The van der Waals surface area contributed by atoms with E-state index in [0.29, 0.717) is 10.1 Å². The molecule has 0 unspecified atom stereocenters. The molecule has 0 saturated carbocycles. The van der Waals surface area contributed by atoms with Gasteiger partial charge in [0.1, 0.15) is 5.82 Å². The Morgan fingerprint density at radius 3 is 2.61 bits per heavy atom. The molecule has 2 aromatic rings. The summed E-state index contributed by atoms with van der Waals surface area (Å²) in [5.74, 6) is -2.06. The molecular formula is C11H6BrFN2O2S. The van der Waals surface area contributed by atoms with Gasteiger partial charge in [0.25, 0.3) is 0 Å². The molecule has 0 aliphatic rings. The van der Waals surface area contributed by atoms with Gasteiger partial charge in [-0.2, -0.15) is 0 Å². The number of aromatic carboxylic acids is 1. The van der Waals surface area contributed by atoms with E-state index in [1.54, 1.807) is 12.4 Å². The highest BCUT2D eigenvalue weighted by atomic mass is 79.9. The summed E-state index contributed by atoms with van der Waals surface area (Å²) >= 11 is 4.37. The molecule has 2 rings (SSSR count). The molecule has 4 nitrogen and oxygen atoms in total. The molecule has 0 atom stereocenters. The maximum absolute atomic E-state index is 13.2. The van der Waals surface area contributed by atoms with Crippen molar-refractivity contribution in [3.8, 4) is 0 Å². The largest absolute Gasteiger partial charge is 0.478 e. The van der Waals surface area contributed by atoms with Crippen LogP contribution in [-0.4, -0.2) is 21.0 Å². The Bertz CT molecular complexity index is 592. The molecule has 0 fully saturated rings. The number of nitrogens with zero attached hydrogens (tertiary/aromatic N) is 2. The highest BCUT2D eigenvalue weighted by Gasteiger charge is 2.11. The Morgan fingerprint density at radius 2 is 2.00 bits per heavy atom. The van der Waals surface area contributed by atoms with Crippen molar-refractivity contribution < 1.29 is 14.3 Å². The van der Waals surface area contributed by atoms with E-state index in [1.807, 2.05) is 0 Å². The lowest BCUT2D eigenvalue weighted by molar-refractivity contribution is 0.0691. The van der Waals surface area contributed by atoms with Gasteiger partial charge in [0, 0.05) is 17.3 Å². The van der Waals surface area contributed by atoms with Crippen molar-refractivity contribution in [1.82, 2.24) is 9.97 Å². The predicted molar refractivity (Wildman–Crippen MR) is 67.2 cm³/mol. The van der Waals surface area contributed by atoms with Crippen molar-refractivity contribution >= 4 is 33.7 Å². The molecule has 0 aliphatic heterocycles. The fraction of sp³-hybridized carbons (Fsp3) is 0. The Kier molecular flexibility index (Phi) is 3.93. The Labute approximate surface area is 114 Å². The van der Waals surface area contributed by atoms with E-state index in [4.69, 9.17) is 5.11 Å². The molecule has 92 valence electrons. The monoisotopic (exact) mass is 328 g/mol. The molecular weight excluding hydrogens is 323 g/mol. The van der Waals surface area contributed by atoms with E-state index >= 15 is 0 Å². The molecule has 0 saturated heterocycles. The van der Waals surface area contributed by atoms with Crippen molar-refractivity contribution in [2.45, 2.75) is 10.1 Å². The van der Waals surface area contributed by atoms with Crippen molar-refractivity contribution in [3.63, 3.8) is 0 Å². The minimum Gasteiger partial charge on any atom is -0.478 e. The van der Waals surface area contributed by atoms with Crippen LogP contribution >= 0.6 is 27.7 Å². The number of hydrogen-bond donors (Lipinski definition) is 1. The van der Waals surface area contributed by atoms with E-state index in [2.05, 4.69) is 25.9 Å². The van der Waals surface area contributed by atoms with Crippen LogP contribution in [0.2, 0.25) is 0 Å². The smallest absolute Gasteiger partial charge is 0.338 e. The second kappa shape index (κ2) is 5.45. The Morgan fingerprint density at radius 1 is 1.33 bits per heavy atom. The van der Waals surface area contributed by atoms with E-state index in [0.717, 1.165) is 22.3 Å². The van der Waals surface area contributed by atoms with Gasteiger partial charge in [0.15, 0.2) is 5.16 Å². The van der Waals surface area contributed by atoms with Gasteiger partial charge in [0.05, 0.1) is 10.0 Å². The SMILES string of the molecule is O=C(O)c1cc(Sc2ncc(Br)cn2)ccc1F. The first-order valence-electron chi connectivity index (χ1n) is 4.74. The topological polar surface area (TPSA) is 63.1 Å². The van der Waals surface area contributed by atoms with E-state index in [1.165, 1.54) is 12.1 Å². The second-order valence-corrected chi connectivity index (χ2v) is 5.19. The first-order valence-corrected chi connectivity index (χ1v) is 6.35. The molecule has 1 aromatic carbocycles. The number of rotatable bonds is 3. The molecule has 0 amide bonds. The minimum atomic E-state index is -1.30. The molecule has 0 aliphatic carbocycles. The Hall–Kier alpha value is -1.47. The van der Waals surface area contributed by atoms with Gasteiger partial charge < -0.3 is 5.11 Å². The Balaban J connectivity index is 2.27. The molecule has 1 N–H and O–H groups in total. The molecule has 1 aromatic heterocycles. The van der Waals surface area contributed by atoms with E-state index in [9.17, 15) is 9.18 Å². The molecule has 18 heavy (non-hydrogen) atoms. The first kappa shape index (κ1) is 13.0. The lowest BCUT2D eigenvalue weighted by Crippen LogP contribution is -2.00. The van der Waals surface area contributed by atoms with Crippen molar-refractivity contribution in [2.75, 3.05) is 0 Å². The molecule has 1 heterocycles. The third-order valence-electron chi connectivity index (χ3n) is 1.97. The zero-order valence-corrected chi connectivity index (χ0v) is 11.2. The van der Waals surface area contributed by atoms with Crippen LogP contribution in [-0.2, 0) is 0 Å². The van der Waals surface area contributed by atoms with Crippen LogP contribution in [0.1, 0.15) is 10.4 Å². The summed E-state index contributed by atoms with van der Waals surface area (Å²) in [6, 6.07) is 3.86. The van der Waals surface area contributed by atoms with Crippen LogP contribution in [0.5, 0.6) is 0 Å². The predicted octanol–water partition coefficient (Wildman–Crippen LogP) is 3.23.